The molecule has 4 aromatic rings. The first-order chi connectivity index (χ1) is 16.4. The van der Waals surface area contributed by atoms with Crippen LogP contribution in [-0.2, 0) is 65.4 Å². The van der Waals surface area contributed by atoms with Crippen molar-refractivity contribution in [2.24, 2.45) is 0 Å². The minimum absolute atomic E-state index is 0. The smallest absolute Gasteiger partial charge is 0.116 e. The monoisotopic (exact) mass is 626 g/mol. The molecule has 0 unspecified atom stereocenters. The fourth-order valence-corrected chi connectivity index (χ4v) is 1.86. The maximum atomic E-state index is 4.14. The van der Waals surface area contributed by atoms with Gasteiger partial charge in [-0.25, -0.2) is 19.9 Å². The molecule has 0 amide bonds. The number of nitrogens with zero attached hydrogens (tertiary/aromatic N) is 4. The van der Waals surface area contributed by atoms with Gasteiger partial charge in [-0.05, 0) is 19.1 Å². The third-order valence-corrected chi connectivity index (χ3v) is 3.07. The van der Waals surface area contributed by atoms with Crippen molar-refractivity contribution in [1.82, 2.24) is 19.9 Å². The van der Waals surface area contributed by atoms with E-state index in [4.69, 9.17) is 0 Å². The number of hydrogen-bond acceptors (Lipinski definition) is 4. The number of hydrogen-bond donors (Lipinski definition) is 0. The fourth-order valence-electron chi connectivity index (χ4n) is 1.86. The first-order valence-electron chi connectivity index (χ1n) is 11.9. The van der Waals surface area contributed by atoms with Gasteiger partial charge in [-0.15, -0.1) is 0 Å². The molecule has 2 aromatic carbocycles. The van der Waals surface area contributed by atoms with Crippen LogP contribution in [0, 0.1) is 6.92 Å². The average molecular weight is 627 g/mol. The molecule has 4 rings (SSSR count). The van der Waals surface area contributed by atoms with E-state index in [0.29, 0.717) is 0 Å². The van der Waals surface area contributed by atoms with Crippen molar-refractivity contribution in [3.8, 4) is 11.3 Å². The summed E-state index contributed by atoms with van der Waals surface area (Å²) < 4.78 is 0. The summed E-state index contributed by atoms with van der Waals surface area (Å²) in [6.07, 6.45) is 8.18. The Morgan fingerprint density at radius 1 is 0.457 bits per heavy atom. The molecule has 0 aliphatic rings. The minimum Gasteiger partial charge on any atom is -0.245 e. The van der Waals surface area contributed by atoms with E-state index in [-0.39, 0.29) is 65.4 Å². The molecule has 0 atom stereocenters. The standard InChI is InChI=1S/C10H8N2.C7H8.C4H4N2.4C2H6.2Y/c1-2-4-9(5-3-1)10-6-7-11-8-12-10;1-7-5-3-2-4-6-7;1-2-5-4-6-3-1;4*1-2;;/h1-8H;2-6H,1H3;1-4H;4*1-2H3;;. The Morgan fingerprint density at radius 3 is 1.17 bits per heavy atom. The van der Waals surface area contributed by atoms with Gasteiger partial charge in [0.25, 0.3) is 0 Å². The largest absolute Gasteiger partial charge is 0.245 e. The van der Waals surface area contributed by atoms with E-state index < -0.39 is 0 Å². The fraction of sp³-hybridized carbons (Fsp3) is 0.310. The number of benzene rings is 2. The Balaban J connectivity index is -0.000000114. The third kappa shape index (κ3) is 28.9. The first-order valence-corrected chi connectivity index (χ1v) is 11.9. The van der Waals surface area contributed by atoms with Crippen LogP contribution in [0.2, 0.25) is 0 Å². The molecule has 0 fully saturated rings. The summed E-state index contributed by atoms with van der Waals surface area (Å²) in [5, 5.41) is 0. The van der Waals surface area contributed by atoms with Crippen molar-refractivity contribution in [3.63, 3.8) is 0 Å². The number of aryl methyl sites for hydroxylation is 1. The topological polar surface area (TPSA) is 51.6 Å². The van der Waals surface area contributed by atoms with Gasteiger partial charge >= 0.3 is 0 Å². The molecule has 0 spiro atoms. The Labute approximate surface area is 266 Å². The van der Waals surface area contributed by atoms with Crippen LogP contribution in [-0.4, -0.2) is 19.9 Å². The van der Waals surface area contributed by atoms with Crippen LogP contribution in [0.4, 0.5) is 0 Å². The van der Waals surface area contributed by atoms with Crippen LogP contribution in [0.1, 0.15) is 61.0 Å². The Kier molecular flexibility index (Phi) is 50.1. The second-order valence-corrected chi connectivity index (χ2v) is 5.02. The van der Waals surface area contributed by atoms with Crippen LogP contribution in [0.3, 0.4) is 0 Å². The molecule has 4 nitrogen and oxygen atoms in total. The van der Waals surface area contributed by atoms with E-state index in [2.05, 4.69) is 39.0 Å². The number of rotatable bonds is 1. The molecule has 2 radical (unpaired) electrons. The molecule has 35 heavy (non-hydrogen) atoms. The van der Waals surface area contributed by atoms with Gasteiger partial charge in [0, 0.05) is 89.6 Å². The Morgan fingerprint density at radius 2 is 0.886 bits per heavy atom. The zero-order valence-electron chi connectivity index (χ0n) is 23.3. The van der Waals surface area contributed by atoms with Crippen molar-refractivity contribution in [2.45, 2.75) is 62.3 Å². The van der Waals surface area contributed by atoms with Gasteiger partial charge in [-0.2, -0.15) is 0 Å². The predicted octanol–water partition coefficient (Wildman–Crippen LogP) is 8.72. The maximum Gasteiger partial charge on any atom is 0.116 e. The van der Waals surface area contributed by atoms with E-state index >= 15 is 0 Å². The van der Waals surface area contributed by atoms with Crippen molar-refractivity contribution in [3.05, 3.63) is 110 Å². The molecule has 0 aliphatic heterocycles. The summed E-state index contributed by atoms with van der Waals surface area (Å²) in [7, 11) is 0. The first kappa shape index (κ1) is 43.8. The van der Waals surface area contributed by atoms with E-state index in [1.54, 1.807) is 31.0 Å². The van der Waals surface area contributed by atoms with Gasteiger partial charge in [-0.1, -0.05) is 122 Å². The quantitative estimate of drug-likeness (QED) is 0.212. The van der Waals surface area contributed by atoms with Gasteiger partial charge in [0.15, 0.2) is 0 Å². The van der Waals surface area contributed by atoms with Crippen molar-refractivity contribution in [1.29, 1.82) is 0 Å². The second-order valence-electron chi connectivity index (χ2n) is 5.02. The molecular weight excluding hydrogens is 582 g/mol. The van der Waals surface area contributed by atoms with E-state index in [1.165, 1.54) is 11.9 Å². The summed E-state index contributed by atoms with van der Waals surface area (Å²) in [5.74, 6) is 0. The van der Waals surface area contributed by atoms with Gasteiger partial charge in [0.1, 0.15) is 12.7 Å². The summed E-state index contributed by atoms with van der Waals surface area (Å²) in [6.45, 7) is 18.1. The predicted molar refractivity (Wildman–Crippen MR) is 146 cm³/mol. The summed E-state index contributed by atoms with van der Waals surface area (Å²) in [4.78, 5) is 15.3. The molecule has 0 N–H and O–H groups in total. The molecule has 0 bridgehead atoms. The van der Waals surface area contributed by atoms with Crippen LogP contribution < -0.4 is 0 Å². The minimum atomic E-state index is 0. The van der Waals surface area contributed by atoms with E-state index in [1.807, 2.05) is 110 Å². The SMILES string of the molecule is CC.CC.CC.CC.Cc1ccccc1.[Y].[Y].c1ccc(-c2ccncn2)cc1.c1cncnc1. The van der Waals surface area contributed by atoms with Gasteiger partial charge < -0.3 is 0 Å². The molecule has 186 valence electrons. The van der Waals surface area contributed by atoms with Crippen LogP contribution in [0.25, 0.3) is 11.3 Å². The molecule has 0 aliphatic carbocycles. The second kappa shape index (κ2) is 40.0. The normalized spacial score (nSPS) is 7.11. The third-order valence-electron chi connectivity index (χ3n) is 3.07. The molecule has 0 saturated carbocycles. The molecular formula is C29H44N4Y2. The molecule has 0 saturated heterocycles. The van der Waals surface area contributed by atoms with Gasteiger partial charge in [0.2, 0.25) is 0 Å². The van der Waals surface area contributed by atoms with Crippen molar-refractivity contribution < 1.29 is 65.4 Å². The van der Waals surface area contributed by atoms with Crippen molar-refractivity contribution >= 4 is 0 Å². The van der Waals surface area contributed by atoms with Crippen LogP contribution in [0.5, 0.6) is 0 Å². The summed E-state index contributed by atoms with van der Waals surface area (Å²) in [5.41, 5.74) is 3.41. The zero-order chi connectivity index (χ0) is 25.6. The summed E-state index contributed by atoms with van der Waals surface area (Å²) >= 11 is 0. The van der Waals surface area contributed by atoms with E-state index in [9.17, 15) is 0 Å². The van der Waals surface area contributed by atoms with Gasteiger partial charge in [-0.3, -0.25) is 0 Å². The molecule has 6 heteroatoms. The molecule has 2 heterocycles. The maximum absolute atomic E-state index is 4.14. The Bertz CT molecular complexity index is 740. The van der Waals surface area contributed by atoms with Gasteiger partial charge in [0.05, 0.1) is 5.69 Å². The van der Waals surface area contributed by atoms with Crippen LogP contribution >= 0.6 is 0 Å². The van der Waals surface area contributed by atoms with Crippen LogP contribution in [0.15, 0.2) is 104 Å². The molecule has 2 aromatic heterocycles. The van der Waals surface area contributed by atoms with Crippen molar-refractivity contribution in [2.75, 3.05) is 0 Å². The Hall–Kier alpha value is -1.19. The number of aromatic nitrogens is 4. The summed E-state index contributed by atoms with van der Waals surface area (Å²) in [6, 6.07) is 24.0. The van der Waals surface area contributed by atoms with E-state index in [0.717, 1.165) is 11.3 Å². The average Bonchev–Trinajstić information content (AvgIpc) is 2.96. The zero-order valence-corrected chi connectivity index (χ0v) is 28.9.